The lowest BCUT2D eigenvalue weighted by atomic mass is 10.1. The van der Waals surface area contributed by atoms with Gasteiger partial charge in [-0.05, 0) is 17.7 Å². The van der Waals surface area contributed by atoms with Gasteiger partial charge in [-0.2, -0.15) is 5.26 Å². The van der Waals surface area contributed by atoms with Crippen LogP contribution in [0.15, 0.2) is 23.6 Å². The lowest BCUT2D eigenvalue weighted by Crippen LogP contribution is -1.85. The maximum Gasteiger partial charge on any atom is 0.104 e. The van der Waals surface area contributed by atoms with E-state index < -0.39 is 0 Å². The van der Waals surface area contributed by atoms with Crippen molar-refractivity contribution in [1.82, 2.24) is 0 Å². The molecule has 0 radical (unpaired) electrons. The number of nitrogens with two attached hydrogens (primary N) is 1. The third-order valence-corrected chi connectivity index (χ3v) is 3.71. The van der Waals surface area contributed by atoms with E-state index in [1.54, 1.807) is 12.1 Å². The van der Waals surface area contributed by atoms with Crippen molar-refractivity contribution in [1.29, 1.82) is 5.26 Å². The fourth-order valence-electron chi connectivity index (χ4n) is 1.36. The van der Waals surface area contributed by atoms with Crippen LogP contribution in [0.25, 0.3) is 11.1 Å². The molecule has 0 amide bonds. The first-order valence-electron chi connectivity index (χ1n) is 4.36. The van der Waals surface area contributed by atoms with Crippen molar-refractivity contribution in [3.05, 3.63) is 39.2 Å². The molecule has 1 aromatic carbocycles. The second-order valence-electron chi connectivity index (χ2n) is 3.13. The summed E-state index contributed by atoms with van der Waals surface area (Å²) < 4.78 is 0. The summed E-state index contributed by atoms with van der Waals surface area (Å²) in [6.45, 7) is 0. The molecule has 1 heterocycles. The molecule has 0 aliphatic rings. The standard InChI is InChI=1S/C11H6Cl2N2S/c12-9-2-1-6(3-10(9)13)8-5-16-11(15)7(8)4-14/h1-3,5H,15H2. The topological polar surface area (TPSA) is 49.8 Å². The Hall–Kier alpha value is -1.21. The Labute approximate surface area is 107 Å². The zero-order valence-corrected chi connectivity index (χ0v) is 10.3. The Morgan fingerprint density at radius 3 is 2.62 bits per heavy atom. The van der Waals surface area contributed by atoms with Crippen LogP contribution in [0.5, 0.6) is 0 Å². The number of thiophene rings is 1. The molecule has 2 rings (SSSR count). The summed E-state index contributed by atoms with van der Waals surface area (Å²) in [5, 5.41) is 12.3. The van der Waals surface area contributed by atoms with Gasteiger partial charge in [0.15, 0.2) is 0 Å². The van der Waals surface area contributed by atoms with Crippen molar-refractivity contribution in [2.24, 2.45) is 0 Å². The highest BCUT2D eigenvalue weighted by Gasteiger charge is 2.11. The molecule has 0 fully saturated rings. The van der Waals surface area contributed by atoms with Gasteiger partial charge in [0.1, 0.15) is 11.1 Å². The highest BCUT2D eigenvalue weighted by Crippen LogP contribution is 2.35. The molecular weight excluding hydrogens is 263 g/mol. The summed E-state index contributed by atoms with van der Waals surface area (Å²) in [6.07, 6.45) is 0. The SMILES string of the molecule is N#Cc1c(-c2ccc(Cl)c(Cl)c2)csc1N. The van der Waals surface area contributed by atoms with E-state index in [2.05, 4.69) is 6.07 Å². The van der Waals surface area contributed by atoms with Crippen molar-refractivity contribution >= 4 is 39.5 Å². The first kappa shape index (κ1) is 11.3. The minimum atomic E-state index is 0.466. The van der Waals surface area contributed by atoms with Gasteiger partial charge in [0.25, 0.3) is 0 Å². The number of anilines is 1. The monoisotopic (exact) mass is 268 g/mol. The van der Waals surface area contributed by atoms with E-state index >= 15 is 0 Å². The van der Waals surface area contributed by atoms with Gasteiger partial charge in [-0.15, -0.1) is 11.3 Å². The van der Waals surface area contributed by atoms with Crippen LogP contribution in [0.2, 0.25) is 10.0 Å². The van der Waals surface area contributed by atoms with Crippen LogP contribution in [0.4, 0.5) is 5.00 Å². The minimum absolute atomic E-state index is 0.466. The molecule has 0 bridgehead atoms. The largest absolute Gasteiger partial charge is 0.389 e. The van der Waals surface area contributed by atoms with Gasteiger partial charge < -0.3 is 5.73 Å². The molecule has 0 saturated heterocycles. The molecule has 5 heteroatoms. The van der Waals surface area contributed by atoms with Crippen LogP contribution in [-0.2, 0) is 0 Å². The Morgan fingerprint density at radius 1 is 1.25 bits per heavy atom. The molecule has 16 heavy (non-hydrogen) atoms. The summed E-state index contributed by atoms with van der Waals surface area (Å²) in [6, 6.07) is 7.33. The van der Waals surface area contributed by atoms with E-state index in [-0.39, 0.29) is 0 Å². The minimum Gasteiger partial charge on any atom is -0.389 e. The first-order valence-corrected chi connectivity index (χ1v) is 5.99. The quantitative estimate of drug-likeness (QED) is 0.844. The maximum absolute atomic E-state index is 8.99. The van der Waals surface area contributed by atoms with Gasteiger partial charge >= 0.3 is 0 Å². The number of hydrogen-bond acceptors (Lipinski definition) is 3. The molecule has 2 nitrogen and oxygen atoms in total. The number of benzene rings is 1. The van der Waals surface area contributed by atoms with E-state index in [0.29, 0.717) is 20.6 Å². The van der Waals surface area contributed by atoms with Gasteiger partial charge in [0.2, 0.25) is 0 Å². The Bertz CT molecular complexity index is 584. The smallest absolute Gasteiger partial charge is 0.104 e. The molecule has 0 aliphatic heterocycles. The van der Waals surface area contributed by atoms with E-state index in [4.69, 9.17) is 34.2 Å². The van der Waals surface area contributed by atoms with Crippen molar-refractivity contribution < 1.29 is 0 Å². The predicted octanol–water partition coefficient (Wildman–Crippen LogP) is 4.18. The van der Waals surface area contributed by atoms with Crippen LogP contribution < -0.4 is 5.73 Å². The summed E-state index contributed by atoms with van der Waals surface area (Å²) in [4.78, 5) is 0. The lowest BCUT2D eigenvalue weighted by Gasteiger charge is -2.01. The second kappa shape index (κ2) is 4.34. The lowest BCUT2D eigenvalue weighted by molar-refractivity contribution is 1.50. The number of rotatable bonds is 1. The number of nitriles is 1. The number of nitrogens with zero attached hydrogens (tertiary/aromatic N) is 1. The predicted molar refractivity (Wildman–Crippen MR) is 68.9 cm³/mol. The Kier molecular flexibility index (Phi) is 3.06. The Balaban J connectivity index is 2.60. The van der Waals surface area contributed by atoms with E-state index in [1.165, 1.54) is 11.3 Å². The van der Waals surface area contributed by atoms with Crippen molar-refractivity contribution in [3.63, 3.8) is 0 Å². The molecular formula is C11H6Cl2N2S. The van der Waals surface area contributed by atoms with Crippen LogP contribution in [0, 0.1) is 11.3 Å². The third-order valence-electron chi connectivity index (χ3n) is 2.16. The van der Waals surface area contributed by atoms with Crippen LogP contribution >= 0.6 is 34.5 Å². The molecule has 2 N–H and O–H groups in total. The second-order valence-corrected chi connectivity index (χ2v) is 4.85. The summed E-state index contributed by atoms with van der Waals surface area (Å²) in [5.41, 5.74) is 7.82. The number of nitrogen functional groups attached to an aromatic ring is 1. The van der Waals surface area contributed by atoms with Gasteiger partial charge in [-0.1, -0.05) is 29.3 Å². The number of hydrogen-bond donors (Lipinski definition) is 1. The van der Waals surface area contributed by atoms with Gasteiger partial charge in [-0.25, -0.2) is 0 Å². The summed E-state index contributed by atoms with van der Waals surface area (Å²) in [5.74, 6) is 0. The van der Waals surface area contributed by atoms with Crippen LogP contribution in [0.3, 0.4) is 0 Å². The fraction of sp³-hybridized carbons (Fsp3) is 0. The fourth-order valence-corrected chi connectivity index (χ4v) is 2.43. The first-order chi connectivity index (χ1) is 7.63. The molecule has 2 aromatic rings. The van der Waals surface area contributed by atoms with Gasteiger partial charge in [-0.3, -0.25) is 0 Å². The zero-order valence-electron chi connectivity index (χ0n) is 8.00. The van der Waals surface area contributed by atoms with Crippen molar-refractivity contribution in [2.45, 2.75) is 0 Å². The van der Waals surface area contributed by atoms with E-state index in [1.807, 2.05) is 11.4 Å². The van der Waals surface area contributed by atoms with Crippen molar-refractivity contribution in [3.8, 4) is 17.2 Å². The highest BCUT2D eigenvalue weighted by atomic mass is 35.5. The molecule has 0 unspecified atom stereocenters. The van der Waals surface area contributed by atoms with Gasteiger partial charge in [0, 0.05) is 10.9 Å². The zero-order chi connectivity index (χ0) is 11.7. The van der Waals surface area contributed by atoms with E-state index in [0.717, 1.165) is 11.1 Å². The maximum atomic E-state index is 8.99. The van der Waals surface area contributed by atoms with Crippen LogP contribution in [0.1, 0.15) is 5.56 Å². The average Bonchev–Trinajstić information content (AvgIpc) is 2.63. The molecule has 80 valence electrons. The normalized spacial score (nSPS) is 10.1. The molecule has 0 saturated carbocycles. The van der Waals surface area contributed by atoms with Crippen molar-refractivity contribution in [2.75, 3.05) is 5.73 Å². The summed E-state index contributed by atoms with van der Waals surface area (Å²) >= 11 is 13.1. The number of halogens is 2. The summed E-state index contributed by atoms with van der Waals surface area (Å²) in [7, 11) is 0. The highest BCUT2D eigenvalue weighted by molar-refractivity contribution is 7.14. The average molecular weight is 269 g/mol. The van der Waals surface area contributed by atoms with Crippen LogP contribution in [-0.4, -0.2) is 0 Å². The van der Waals surface area contributed by atoms with Gasteiger partial charge in [0.05, 0.1) is 15.6 Å². The Morgan fingerprint density at radius 2 is 2.00 bits per heavy atom. The van der Waals surface area contributed by atoms with E-state index in [9.17, 15) is 0 Å². The molecule has 0 spiro atoms. The molecule has 0 atom stereocenters. The third kappa shape index (κ3) is 1.88. The molecule has 1 aromatic heterocycles. The molecule has 0 aliphatic carbocycles.